The van der Waals surface area contributed by atoms with Crippen LogP contribution >= 0.6 is 0 Å². The first kappa shape index (κ1) is 9.97. The van der Waals surface area contributed by atoms with Crippen molar-refractivity contribution >= 4 is 11.8 Å². The molecule has 0 aliphatic heterocycles. The summed E-state index contributed by atoms with van der Waals surface area (Å²) in [5, 5.41) is 8.38. The maximum absolute atomic E-state index is 10.0. The molecule has 0 aliphatic rings. The maximum Gasteiger partial charge on any atom is 0.292 e. The second kappa shape index (κ2) is 4.22. The number of aliphatic imine (C=N–C) groups is 1. The molecule has 0 saturated heterocycles. The Hall–Kier alpha value is -2.11. The summed E-state index contributed by atoms with van der Waals surface area (Å²) in [6.45, 7) is 3.68. The Morgan fingerprint density at radius 2 is 2.14 bits per heavy atom. The van der Waals surface area contributed by atoms with Crippen LogP contribution in [-0.2, 0) is 4.79 Å². The van der Waals surface area contributed by atoms with E-state index in [1.807, 2.05) is 13.8 Å². The number of hydrogen-bond acceptors (Lipinski definition) is 4. The van der Waals surface area contributed by atoms with Crippen LogP contribution in [0.1, 0.15) is 11.1 Å². The van der Waals surface area contributed by atoms with Crippen molar-refractivity contribution in [1.29, 1.82) is 5.26 Å². The van der Waals surface area contributed by atoms with Gasteiger partial charge in [0.05, 0.1) is 5.69 Å². The number of hydrogen-bond donors (Lipinski definition) is 0. The molecule has 0 bridgehead atoms. The Bertz CT molecular complexity index is 440. The molecule has 0 radical (unpaired) electrons. The summed E-state index contributed by atoms with van der Waals surface area (Å²) in [5.41, 5.74) is 2.21. The fourth-order valence-corrected chi connectivity index (χ4v) is 1.08. The van der Waals surface area contributed by atoms with E-state index in [0.717, 1.165) is 11.1 Å². The van der Waals surface area contributed by atoms with E-state index in [2.05, 4.69) is 4.99 Å². The van der Waals surface area contributed by atoms with Crippen LogP contribution in [0.4, 0.5) is 5.69 Å². The number of carbonyl (C=O) groups excluding carboxylic acids is 1. The van der Waals surface area contributed by atoms with Gasteiger partial charge in [0.25, 0.3) is 6.26 Å². The van der Waals surface area contributed by atoms with Crippen molar-refractivity contribution in [1.82, 2.24) is 0 Å². The SMILES string of the molecule is Cc1cc(N=C=O)cc(OC#N)c1C. The topological polar surface area (TPSA) is 62.4 Å². The number of benzene rings is 1. The summed E-state index contributed by atoms with van der Waals surface area (Å²) in [7, 11) is 0. The van der Waals surface area contributed by atoms with Crippen molar-refractivity contribution in [3.8, 4) is 12.0 Å². The van der Waals surface area contributed by atoms with E-state index in [1.165, 1.54) is 12.1 Å². The number of rotatable bonds is 2. The highest BCUT2D eigenvalue weighted by Crippen LogP contribution is 2.27. The van der Waals surface area contributed by atoms with Crippen molar-refractivity contribution < 1.29 is 9.53 Å². The molecule has 0 amide bonds. The molecule has 0 N–H and O–H groups in total. The average molecular weight is 188 g/mol. The van der Waals surface area contributed by atoms with Crippen molar-refractivity contribution in [2.45, 2.75) is 13.8 Å². The zero-order chi connectivity index (χ0) is 10.6. The molecule has 0 saturated carbocycles. The number of aryl methyl sites for hydroxylation is 1. The van der Waals surface area contributed by atoms with Gasteiger partial charge in [0.1, 0.15) is 5.75 Å². The Morgan fingerprint density at radius 3 is 2.71 bits per heavy atom. The van der Waals surface area contributed by atoms with Gasteiger partial charge < -0.3 is 4.74 Å². The third kappa shape index (κ3) is 1.98. The van der Waals surface area contributed by atoms with E-state index >= 15 is 0 Å². The van der Waals surface area contributed by atoms with Crippen LogP contribution < -0.4 is 4.74 Å². The van der Waals surface area contributed by atoms with Crippen molar-refractivity contribution in [2.24, 2.45) is 4.99 Å². The van der Waals surface area contributed by atoms with Gasteiger partial charge in [0.15, 0.2) is 0 Å². The molecule has 0 spiro atoms. The van der Waals surface area contributed by atoms with E-state index in [9.17, 15) is 4.79 Å². The van der Waals surface area contributed by atoms with Crippen molar-refractivity contribution in [3.63, 3.8) is 0 Å². The predicted octanol–water partition coefficient (Wildman–Crippen LogP) is 2.13. The van der Waals surface area contributed by atoms with Gasteiger partial charge in [-0.15, -0.1) is 5.26 Å². The lowest BCUT2D eigenvalue weighted by Crippen LogP contribution is -1.89. The molecular formula is C10H8N2O2. The third-order valence-corrected chi connectivity index (χ3v) is 1.93. The van der Waals surface area contributed by atoms with E-state index in [-0.39, 0.29) is 0 Å². The predicted molar refractivity (Wildman–Crippen MR) is 49.9 cm³/mol. The van der Waals surface area contributed by atoms with E-state index in [4.69, 9.17) is 10.00 Å². The third-order valence-electron chi connectivity index (χ3n) is 1.93. The first-order valence-electron chi connectivity index (χ1n) is 3.94. The number of isocyanates is 1. The minimum Gasteiger partial charge on any atom is -0.388 e. The molecule has 4 nitrogen and oxygen atoms in total. The van der Waals surface area contributed by atoms with Gasteiger partial charge in [-0.1, -0.05) is 0 Å². The van der Waals surface area contributed by atoms with Gasteiger partial charge >= 0.3 is 0 Å². The molecule has 0 aliphatic carbocycles. The molecule has 1 rings (SSSR count). The van der Waals surface area contributed by atoms with E-state index < -0.39 is 0 Å². The molecule has 14 heavy (non-hydrogen) atoms. The summed E-state index contributed by atoms with van der Waals surface area (Å²) >= 11 is 0. The van der Waals surface area contributed by atoms with Crippen LogP contribution in [-0.4, -0.2) is 6.08 Å². The Balaban J connectivity index is 3.28. The van der Waals surface area contributed by atoms with Gasteiger partial charge in [0.2, 0.25) is 6.08 Å². The highest BCUT2D eigenvalue weighted by Gasteiger charge is 2.05. The molecular weight excluding hydrogens is 180 g/mol. The molecule has 0 atom stereocenters. The first-order chi connectivity index (χ1) is 6.69. The molecule has 4 heteroatoms. The highest BCUT2D eigenvalue weighted by atomic mass is 16.5. The van der Waals surface area contributed by atoms with E-state index in [1.54, 1.807) is 12.3 Å². The lowest BCUT2D eigenvalue weighted by molar-refractivity contribution is 0.503. The Morgan fingerprint density at radius 1 is 1.43 bits per heavy atom. The van der Waals surface area contributed by atoms with Gasteiger partial charge in [-0.25, -0.2) is 4.79 Å². The fourth-order valence-electron chi connectivity index (χ4n) is 1.08. The second-order valence-corrected chi connectivity index (χ2v) is 2.78. The highest BCUT2D eigenvalue weighted by molar-refractivity contribution is 5.56. The summed E-state index contributed by atoms with van der Waals surface area (Å²) in [5.74, 6) is 0.418. The van der Waals surface area contributed by atoms with Crippen LogP contribution in [0.5, 0.6) is 5.75 Å². The minimum atomic E-state index is 0.418. The van der Waals surface area contributed by atoms with Crippen LogP contribution in [0.2, 0.25) is 0 Å². The Labute approximate surface area is 81.5 Å². The van der Waals surface area contributed by atoms with Gasteiger partial charge in [-0.2, -0.15) is 4.99 Å². The van der Waals surface area contributed by atoms with Crippen LogP contribution in [0, 0.1) is 25.4 Å². The van der Waals surface area contributed by atoms with Gasteiger partial charge in [-0.3, -0.25) is 0 Å². The van der Waals surface area contributed by atoms with Gasteiger partial charge in [-0.05, 0) is 31.0 Å². The first-order valence-corrected chi connectivity index (χ1v) is 3.94. The number of nitriles is 1. The molecule has 0 unspecified atom stereocenters. The molecule has 1 aromatic rings. The molecule has 1 aromatic carbocycles. The fraction of sp³-hybridized carbons (Fsp3) is 0.200. The molecule has 70 valence electrons. The van der Waals surface area contributed by atoms with Crippen molar-refractivity contribution in [3.05, 3.63) is 23.3 Å². The molecule has 0 fully saturated rings. The summed E-state index contributed by atoms with van der Waals surface area (Å²) in [6, 6.07) is 3.25. The van der Waals surface area contributed by atoms with Crippen LogP contribution in [0.25, 0.3) is 0 Å². The lowest BCUT2D eigenvalue weighted by atomic mass is 10.1. The van der Waals surface area contributed by atoms with Crippen molar-refractivity contribution in [2.75, 3.05) is 0 Å². The van der Waals surface area contributed by atoms with E-state index in [0.29, 0.717) is 11.4 Å². The number of ether oxygens (including phenoxy) is 1. The Kier molecular flexibility index (Phi) is 3.01. The minimum absolute atomic E-state index is 0.418. The van der Waals surface area contributed by atoms with Gasteiger partial charge in [0, 0.05) is 6.07 Å². The standard InChI is InChI=1S/C10H8N2O2/c1-7-3-9(12-6-13)4-10(8(7)2)14-5-11/h3-4H,1-2H3. The molecule has 0 heterocycles. The zero-order valence-corrected chi connectivity index (χ0v) is 7.87. The normalized spacial score (nSPS) is 8.64. The average Bonchev–Trinajstić information content (AvgIpc) is 2.14. The monoisotopic (exact) mass is 188 g/mol. The lowest BCUT2D eigenvalue weighted by Gasteiger charge is -2.05. The summed E-state index contributed by atoms with van der Waals surface area (Å²) in [4.78, 5) is 13.5. The van der Waals surface area contributed by atoms with Crippen LogP contribution in [0.15, 0.2) is 17.1 Å². The zero-order valence-electron chi connectivity index (χ0n) is 7.87. The second-order valence-electron chi connectivity index (χ2n) is 2.78. The largest absolute Gasteiger partial charge is 0.388 e. The summed E-state index contributed by atoms with van der Waals surface area (Å²) < 4.78 is 4.72. The van der Waals surface area contributed by atoms with Crippen LogP contribution in [0.3, 0.4) is 0 Å². The molecule has 0 aromatic heterocycles. The summed E-state index contributed by atoms with van der Waals surface area (Å²) in [6.07, 6.45) is 3.02. The smallest absolute Gasteiger partial charge is 0.292 e. The number of nitrogens with zero attached hydrogens (tertiary/aromatic N) is 2. The maximum atomic E-state index is 10.0. The quantitative estimate of drug-likeness (QED) is 0.405.